The van der Waals surface area contributed by atoms with Gasteiger partial charge in [-0.15, -0.1) is 0 Å². The van der Waals surface area contributed by atoms with Gasteiger partial charge in [-0.05, 0) is 79.5 Å². The van der Waals surface area contributed by atoms with Gasteiger partial charge in [-0.2, -0.15) is 0 Å². The molecule has 0 saturated carbocycles. The molecule has 0 fully saturated rings. The molecule has 0 atom stereocenters. The standard InChI is InChI=1S/C42H24N2O/c1-2-8-27-21-30(18-13-25(27)7-1)41-34-10-3-5-11-37(34)43-42(44-41)31-19-20-32-28(22-31)16-14-26-15-17-29-23-39-36(24-35(29)40(26)32)33-9-4-6-12-38(33)45-39/h1-24H. The molecule has 3 nitrogen and oxygen atoms in total. The van der Waals surface area contributed by atoms with Gasteiger partial charge in [0.1, 0.15) is 11.2 Å². The first-order valence-corrected chi connectivity index (χ1v) is 15.2. The van der Waals surface area contributed by atoms with Crippen molar-refractivity contribution in [3.8, 4) is 22.6 Å². The fourth-order valence-electron chi connectivity index (χ4n) is 7.01. The Labute approximate surface area is 258 Å². The van der Waals surface area contributed by atoms with E-state index in [-0.39, 0.29) is 0 Å². The molecule has 3 heteroatoms. The van der Waals surface area contributed by atoms with E-state index in [2.05, 4.69) is 127 Å². The van der Waals surface area contributed by atoms with Gasteiger partial charge in [0.2, 0.25) is 0 Å². The van der Waals surface area contributed by atoms with E-state index in [1.165, 1.54) is 37.7 Å². The summed E-state index contributed by atoms with van der Waals surface area (Å²) in [7, 11) is 0. The van der Waals surface area contributed by atoms with E-state index < -0.39 is 0 Å². The van der Waals surface area contributed by atoms with Gasteiger partial charge in [-0.3, -0.25) is 0 Å². The number of para-hydroxylation sites is 2. The Hall–Kier alpha value is -6.06. The number of furan rings is 1. The second-order valence-corrected chi connectivity index (χ2v) is 11.8. The predicted octanol–water partition coefficient (Wildman–Crippen LogP) is 11.5. The van der Waals surface area contributed by atoms with Crippen LogP contribution >= 0.6 is 0 Å². The Morgan fingerprint density at radius 1 is 0.378 bits per heavy atom. The zero-order valence-corrected chi connectivity index (χ0v) is 24.2. The fraction of sp³-hybridized carbons (Fsp3) is 0. The molecular weight excluding hydrogens is 548 g/mol. The first kappa shape index (κ1) is 24.4. The molecule has 0 radical (unpaired) electrons. The monoisotopic (exact) mass is 572 g/mol. The summed E-state index contributed by atoms with van der Waals surface area (Å²) in [4.78, 5) is 10.3. The summed E-state index contributed by atoms with van der Waals surface area (Å²) >= 11 is 0. The lowest BCUT2D eigenvalue weighted by molar-refractivity contribution is 0.669. The molecule has 0 aliphatic rings. The summed E-state index contributed by atoms with van der Waals surface area (Å²) in [5, 5.41) is 13.0. The van der Waals surface area contributed by atoms with Crippen LogP contribution in [-0.4, -0.2) is 9.97 Å². The van der Waals surface area contributed by atoms with Gasteiger partial charge in [0.05, 0.1) is 11.2 Å². The number of rotatable bonds is 2. The zero-order valence-electron chi connectivity index (χ0n) is 24.2. The number of hydrogen-bond donors (Lipinski definition) is 0. The Kier molecular flexibility index (Phi) is 5.00. The lowest BCUT2D eigenvalue weighted by atomic mass is 9.94. The van der Waals surface area contributed by atoms with Crippen molar-refractivity contribution in [1.82, 2.24) is 9.97 Å². The highest BCUT2D eigenvalue weighted by Gasteiger charge is 2.15. The van der Waals surface area contributed by atoms with Gasteiger partial charge < -0.3 is 4.42 Å². The number of fused-ring (bicyclic) bond motifs is 10. The van der Waals surface area contributed by atoms with Crippen molar-refractivity contribution >= 4 is 75.9 Å². The summed E-state index contributed by atoms with van der Waals surface area (Å²) in [5.41, 5.74) is 5.80. The zero-order chi connectivity index (χ0) is 29.5. The van der Waals surface area contributed by atoms with Gasteiger partial charge in [0.15, 0.2) is 5.82 Å². The van der Waals surface area contributed by atoms with Crippen molar-refractivity contribution < 1.29 is 4.42 Å². The molecule has 2 aromatic heterocycles. The molecule has 0 N–H and O–H groups in total. The normalized spacial score (nSPS) is 12.0. The highest BCUT2D eigenvalue weighted by Crippen LogP contribution is 2.39. The molecule has 0 aliphatic heterocycles. The van der Waals surface area contributed by atoms with E-state index >= 15 is 0 Å². The van der Waals surface area contributed by atoms with Crippen molar-refractivity contribution in [3.05, 3.63) is 146 Å². The quantitative estimate of drug-likeness (QED) is 0.193. The minimum absolute atomic E-state index is 0.725. The number of benzene rings is 8. The van der Waals surface area contributed by atoms with Crippen molar-refractivity contribution in [3.63, 3.8) is 0 Å². The van der Waals surface area contributed by atoms with E-state index in [4.69, 9.17) is 14.4 Å². The van der Waals surface area contributed by atoms with Crippen LogP contribution < -0.4 is 0 Å². The lowest BCUT2D eigenvalue weighted by Gasteiger charge is -2.12. The second kappa shape index (κ2) is 9.22. The maximum absolute atomic E-state index is 6.20. The SMILES string of the molecule is c1ccc2cc(-c3nc(-c4ccc5c(ccc6ccc7cc8oc9ccccc9c8cc7c65)c4)nc4ccccc34)ccc2c1. The van der Waals surface area contributed by atoms with Crippen LogP contribution in [0.3, 0.4) is 0 Å². The van der Waals surface area contributed by atoms with Gasteiger partial charge in [-0.25, -0.2) is 9.97 Å². The molecule has 10 rings (SSSR count). The smallest absolute Gasteiger partial charge is 0.160 e. The van der Waals surface area contributed by atoms with Crippen molar-refractivity contribution in [2.24, 2.45) is 0 Å². The highest BCUT2D eigenvalue weighted by atomic mass is 16.3. The molecule has 45 heavy (non-hydrogen) atoms. The number of nitrogens with zero attached hydrogens (tertiary/aromatic N) is 2. The molecule has 0 amide bonds. The minimum atomic E-state index is 0.725. The molecule has 8 aromatic carbocycles. The van der Waals surface area contributed by atoms with Crippen molar-refractivity contribution in [2.75, 3.05) is 0 Å². The maximum Gasteiger partial charge on any atom is 0.160 e. The molecule has 0 unspecified atom stereocenters. The van der Waals surface area contributed by atoms with Crippen LogP contribution in [0.5, 0.6) is 0 Å². The van der Waals surface area contributed by atoms with Crippen molar-refractivity contribution in [1.29, 1.82) is 0 Å². The van der Waals surface area contributed by atoms with Gasteiger partial charge in [0.25, 0.3) is 0 Å². The van der Waals surface area contributed by atoms with E-state index in [1.54, 1.807) is 0 Å². The number of hydrogen-bond acceptors (Lipinski definition) is 3. The van der Waals surface area contributed by atoms with Crippen LogP contribution in [0.2, 0.25) is 0 Å². The molecule has 0 saturated heterocycles. The summed E-state index contributed by atoms with van der Waals surface area (Å²) in [6.07, 6.45) is 0. The molecule has 0 bridgehead atoms. The topological polar surface area (TPSA) is 38.9 Å². The Morgan fingerprint density at radius 3 is 1.98 bits per heavy atom. The van der Waals surface area contributed by atoms with E-state index in [0.29, 0.717) is 0 Å². The minimum Gasteiger partial charge on any atom is -0.456 e. The third-order valence-electron chi connectivity index (χ3n) is 9.20. The van der Waals surface area contributed by atoms with Crippen LogP contribution in [0.25, 0.3) is 98.6 Å². The van der Waals surface area contributed by atoms with Gasteiger partial charge >= 0.3 is 0 Å². The second-order valence-electron chi connectivity index (χ2n) is 11.8. The lowest BCUT2D eigenvalue weighted by Crippen LogP contribution is -1.95. The van der Waals surface area contributed by atoms with Gasteiger partial charge in [-0.1, -0.05) is 109 Å². The molecule has 10 aromatic rings. The molecule has 0 aliphatic carbocycles. The van der Waals surface area contributed by atoms with E-state index in [9.17, 15) is 0 Å². The van der Waals surface area contributed by atoms with Crippen LogP contribution in [-0.2, 0) is 0 Å². The fourth-order valence-corrected chi connectivity index (χ4v) is 7.01. The maximum atomic E-state index is 6.20. The summed E-state index contributed by atoms with van der Waals surface area (Å²) in [6, 6.07) is 51.5. The largest absolute Gasteiger partial charge is 0.456 e. The molecular formula is C42H24N2O. The van der Waals surface area contributed by atoms with E-state index in [0.717, 1.165) is 60.9 Å². The Morgan fingerprint density at radius 2 is 1.07 bits per heavy atom. The Balaban J connectivity index is 1.19. The first-order valence-electron chi connectivity index (χ1n) is 15.2. The summed E-state index contributed by atoms with van der Waals surface area (Å²) in [5.74, 6) is 0.725. The predicted molar refractivity (Wildman–Crippen MR) is 188 cm³/mol. The van der Waals surface area contributed by atoms with E-state index in [1.807, 2.05) is 18.2 Å². The van der Waals surface area contributed by atoms with Crippen LogP contribution in [0.1, 0.15) is 0 Å². The van der Waals surface area contributed by atoms with Crippen LogP contribution in [0.15, 0.2) is 150 Å². The highest BCUT2D eigenvalue weighted by molar-refractivity contribution is 6.23. The molecule has 2 heterocycles. The Bertz CT molecular complexity index is 2830. The first-order chi connectivity index (χ1) is 22.3. The van der Waals surface area contributed by atoms with Crippen LogP contribution in [0, 0.1) is 0 Å². The third-order valence-corrected chi connectivity index (χ3v) is 9.20. The van der Waals surface area contributed by atoms with Gasteiger partial charge in [0, 0.05) is 27.3 Å². The number of aromatic nitrogens is 2. The average molecular weight is 573 g/mol. The van der Waals surface area contributed by atoms with Crippen LogP contribution in [0.4, 0.5) is 0 Å². The molecule has 208 valence electrons. The average Bonchev–Trinajstić information content (AvgIpc) is 3.47. The summed E-state index contributed by atoms with van der Waals surface area (Å²) < 4.78 is 6.20. The molecule has 0 spiro atoms. The third kappa shape index (κ3) is 3.71. The van der Waals surface area contributed by atoms with Crippen molar-refractivity contribution in [2.45, 2.75) is 0 Å². The summed E-state index contributed by atoms with van der Waals surface area (Å²) in [6.45, 7) is 0.